The normalized spacial score (nSPS) is 12.5. The topological polar surface area (TPSA) is 75.3 Å². The molecule has 0 aromatic heterocycles. The van der Waals surface area contributed by atoms with E-state index in [1.54, 1.807) is 19.1 Å². The van der Waals surface area contributed by atoms with E-state index in [4.69, 9.17) is 0 Å². The monoisotopic (exact) mass is 336 g/mol. The fourth-order valence-corrected chi connectivity index (χ4v) is 2.61. The van der Waals surface area contributed by atoms with Gasteiger partial charge in [0.1, 0.15) is 5.82 Å². The van der Waals surface area contributed by atoms with Crippen molar-refractivity contribution in [1.29, 1.82) is 0 Å². The summed E-state index contributed by atoms with van der Waals surface area (Å²) in [5.74, 6) is -0.379. The number of anilines is 1. The fourth-order valence-electron chi connectivity index (χ4n) is 1.98. The van der Waals surface area contributed by atoms with Gasteiger partial charge in [-0.2, -0.15) is 0 Å². The van der Waals surface area contributed by atoms with Crippen LogP contribution in [0.25, 0.3) is 0 Å². The van der Waals surface area contributed by atoms with E-state index >= 15 is 0 Å². The maximum Gasteiger partial charge on any atom is 0.319 e. The molecule has 2 aromatic rings. The van der Waals surface area contributed by atoms with Crippen molar-refractivity contribution in [3.8, 4) is 0 Å². The maximum atomic E-state index is 12.8. The molecule has 0 heterocycles. The SMILES string of the molecule is CC(NC(=O)Nc1ccc(F)cc1)c1ccc(S(C)(=O)=O)cc1. The standard InChI is InChI=1S/C16H17FN2O3S/c1-11(12-3-9-15(10-4-12)23(2,21)22)18-16(20)19-14-7-5-13(17)6-8-14/h3-11H,1-2H3,(H2,18,19,20). The van der Waals surface area contributed by atoms with E-state index in [9.17, 15) is 17.6 Å². The van der Waals surface area contributed by atoms with Crippen molar-refractivity contribution in [1.82, 2.24) is 5.32 Å². The lowest BCUT2D eigenvalue weighted by Gasteiger charge is -2.15. The highest BCUT2D eigenvalue weighted by Gasteiger charge is 2.12. The largest absolute Gasteiger partial charge is 0.331 e. The molecule has 0 aliphatic carbocycles. The molecule has 5 nitrogen and oxygen atoms in total. The van der Waals surface area contributed by atoms with Crippen molar-refractivity contribution in [2.45, 2.75) is 17.9 Å². The fraction of sp³-hybridized carbons (Fsp3) is 0.188. The van der Waals surface area contributed by atoms with E-state index in [-0.39, 0.29) is 16.8 Å². The average Bonchev–Trinajstić information content (AvgIpc) is 2.49. The summed E-state index contributed by atoms with van der Waals surface area (Å²) in [6, 6.07) is 11.0. The van der Waals surface area contributed by atoms with Gasteiger partial charge in [-0.25, -0.2) is 17.6 Å². The second-order valence-corrected chi connectivity index (χ2v) is 7.18. The van der Waals surface area contributed by atoms with Gasteiger partial charge in [-0.1, -0.05) is 12.1 Å². The highest BCUT2D eigenvalue weighted by Crippen LogP contribution is 2.16. The van der Waals surface area contributed by atoms with Crippen LogP contribution in [0.1, 0.15) is 18.5 Å². The molecule has 0 radical (unpaired) electrons. The summed E-state index contributed by atoms with van der Waals surface area (Å²) in [6.07, 6.45) is 1.14. The van der Waals surface area contributed by atoms with Crippen LogP contribution in [0.4, 0.5) is 14.9 Å². The van der Waals surface area contributed by atoms with E-state index in [1.165, 1.54) is 36.4 Å². The van der Waals surface area contributed by atoms with Crippen molar-refractivity contribution in [2.24, 2.45) is 0 Å². The molecule has 1 unspecified atom stereocenters. The average molecular weight is 336 g/mol. The molecular formula is C16H17FN2O3S. The molecule has 1 atom stereocenters. The van der Waals surface area contributed by atoms with E-state index in [2.05, 4.69) is 10.6 Å². The Morgan fingerprint density at radius 3 is 2.13 bits per heavy atom. The van der Waals surface area contributed by atoms with Gasteiger partial charge in [0, 0.05) is 11.9 Å². The van der Waals surface area contributed by atoms with Crippen LogP contribution in [0.3, 0.4) is 0 Å². The second-order valence-electron chi connectivity index (χ2n) is 5.17. The van der Waals surface area contributed by atoms with Gasteiger partial charge in [-0.3, -0.25) is 0 Å². The number of benzene rings is 2. The van der Waals surface area contributed by atoms with Crippen LogP contribution < -0.4 is 10.6 Å². The van der Waals surface area contributed by atoms with Crippen LogP contribution in [0.5, 0.6) is 0 Å². The van der Waals surface area contributed by atoms with Gasteiger partial charge in [0.25, 0.3) is 0 Å². The highest BCUT2D eigenvalue weighted by molar-refractivity contribution is 7.90. The lowest BCUT2D eigenvalue weighted by atomic mass is 10.1. The number of amides is 2. The maximum absolute atomic E-state index is 12.8. The zero-order chi connectivity index (χ0) is 17.0. The van der Waals surface area contributed by atoms with Gasteiger partial charge >= 0.3 is 6.03 Å². The summed E-state index contributed by atoms with van der Waals surface area (Å²) in [4.78, 5) is 12.1. The minimum atomic E-state index is -3.24. The number of nitrogens with one attached hydrogen (secondary N) is 2. The lowest BCUT2D eigenvalue weighted by Crippen LogP contribution is -2.31. The molecule has 2 rings (SSSR count). The van der Waals surface area contributed by atoms with E-state index < -0.39 is 15.9 Å². The van der Waals surface area contributed by atoms with Crippen LogP contribution in [0, 0.1) is 5.82 Å². The van der Waals surface area contributed by atoms with Crippen molar-refractivity contribution in [3.05, 3.63) is 59.9 Å². The number of urea groups is 1. The predicted octanol–water partition coefficient (Wildman–Crippen LogP) is 3.11. The Balaban J connectivity index is 1.99. The molecule has 0 bridgehead atoms. The molecule has 23 heavy (non-hydrogen) atoms. The van der Waals surface area contributed by atoms with Crippen molar-refractivity contribution in [3.63, 3.8) is 0 Å². The number of hydrogen-bond donors (Lipinski definition) is 2. The number of halogens is 1. The zero-order valence-electron chi connectivity index (χ0n) is 12.7. The number of rotatable bonds is 4. The summed E-state index contributed by atoms with van der Waals surface area (Å²) in [5.41, 5.74) is 1.25. The molecule has 7 heteroatoms. The Hall–Kier alpha value is -2.41. The number of sulfone groups is 1. The van der Waals surface area contributed by atoms with Crippen LogP contribution >= 0.6 is 0 Å². The van der Waals surface area contributed by atoms with Crippen LogP contribution in [-0.4, -0.2) is 20.7 Å². The molecular weight excluding hydrogens is 319 g/mol. The molecule has 122 valence electrons. The summed E-state index contributed by atoms with van der Waals surface area (Å²) >= 11 is 0. The first kappa shape index (κ1) is 17.0. The van der Waals surface area contributed by atoms with Gasteiger partial charge in [-0.15, -0.1) is 0 Å². The summed E-state index contributed by atoms with van der Waals surface area (Å²) in [5, 5.41) is 5.32. The first-order chi connectivity index (χ1) is 10.8. The molecule has 0 spiro atoms. The van der Waals surface area contributed by atoms with Crippen LogP contribution in [0.15, 0.2) is 53.4 Å². The molecule has 0 fully saturated rings. The van der Waals surface area contributed by atoms with E-state index in [0.717, 1.165) is 11.8 Å². The molecule has 0 aliphatic rings. The molecule has 2 amide bonds. The minimum absolute atomic E-state index is 0.226. The Labute approximate surface area is 134 Å². The highest BCUT2D eigenvalue weighted by atomic mass is 32.2. The van der Waals surface area contributed by atoms with Crippen LogP contribution in [-0.2, 0) is 9.84 Å². The summed E-state index contributed by atoms with van der Waals surface area (Å²) in [6.45, 7) is 1.78. The number of carbonyl (C=O) groups excluding carboxylic acids is 1. The zero-order valence-corrected chi connectivity index (χ0v) is 13.5. The molecule has 2 aromatic carbocycles. The molecule has 0 aliphatic heterocycles. The first-order valence-electron chi connectivity index (χ1n) is 6.89. The third-order valence-corrected chi connectivity index (χ3v) is 4.39. The predicted molar refractivity (Wildman–Crippen MR) is 86.5 cm³/mol. The second kappa shape index (κ2) is 6.78. The Morgan fingerprint density at radius 2 is 1.61 bits per heavy atom. The number of hydrogen-bond acceptors (Lipinski definition) is 3. The molecule has 0 saturated heterocycles. The quantitative estimate of drug-likeness (QED) is 0.901. The summed E-state index contributed by atoms with van der Waals surface area (Å²) in [7, 11) is -3.24. The summed E-state index contributed by atoms with van der Waals surface area (Å²) < 4.78 is 35.6. The van der Waals surface area contributed by atoms with Crippen LogP contribution in [0.2, 0.25) is 0 Å². The van der Waals surface area contributed by atoms with E-state index in [0.29, 0.717) is 5.69 Å². The van der Waals surface area contributed by atoms with E-state index in [1.807, 2.05) is 0 Å². The minimum Gasteiger partial charge on any atom is -0.331 e. The first-order valence-corrected chi connectivity index (χ1v) is 8.78. The van der Waals surface area contributed by atoms with Gasteiger partial charge in [0.2, 0.25) is 0 Å². The van der Waals surface area contributed by atoms with Crippen molar-refractivity contribution in [2.75, 3.05) is 11.6 Å². The van der Waals surface area contributed by atoms with Crippen molar-refractivity contribution >= 4 is 21.6 Å². The Kier molecular flexibility index (Phi) is 5.00. The smallest absolute Gasteiger partial charge is 0.319 e. The van der Waals surface area contributed by atoms with Gasteiger partial charge in [-0.05, 0) is 48.9 Å². The third-order valence-electron chi connectivity index (χ3n) is 3.26. The number of carbonyl (C=O) groups is 1. The molecule has 0 saturated carbocycles. The molecule has 2 N–H and O–H groups in total. The van der Waals surface area contributed by atoms with Gasteiger partial charge < -0.3 is 10.6 Å². The Bertz CT molecular complexity index is 787. The Morgan fingerprint density at radius 1 is 1.04 bits per heavy atom. The third kappa shape index (κ3) is 4.79. The lowest BCUT2D eigenvalue weighted by molar-refractivity contribution is 0.249. The van der Waals surface area contributed by atoms with Gasteiger partial charge in [0.15, 0.2) is 9.84 Å². The van der Waals surface area contributed by atoms with Crippen molar-refractivity contribution < 1.29 is 17.6 Å². The van der Waals surface area contributed by atoms with Gasteiger partial charge in [0.05, 0.1) is 10.9 Å².